The Kier molecular flexibility index (Phi) is 3.32. The number of rotatable bonds is 5. The van der Waals surface area contributed by atoms with Crippen LogP contribution in [0.1, 0.15) is 18.4 Å². The first-order valence-corrected chi connectivity index (χ1v) is 6.77. The zero-order valence-electron chi connectivity index (χ0n) is 9.11. The summed E-state index contributed by atoms with van der Waals surface area (Å²) in [5.74, 6) is -0.515. The van der Waals surface area contributed by atoms with Crippen LogP contribution in [-0.2, 0) is 16.8 Å². The lowest BCUT2D eigenvalue weighted by Gasteiger charge is -2.12. The molecule has 1 aliphatic rings. The summed E-state index contributed by atoms with van der Waals surface area (Å²) in [6, 6.07) is 4.16. The van der Waals surface area contributed by atoms with E-state index in [2.05, 4.69) is 9.44 Å². The van der Waals surface area contributed by atoms with Crippen LogP contribution in [0, 0.1) is 5.82 Å². The molecule has 1 fully saturated rings. The summed E-state index contributed by atoms with van der Waals surface area (Å²) in [6.07, 6.45) is 1.68. The molecular formula is C10H14FN3O2S. The third-order valence-electron chi connectivity index (χ3n) is 2.47. The molecule has 1 aromatic rings. The van der Waals surface area contributed by atoms with Gasteiger partial charge in [0.1, 0.15) is 5.82 Å². The molecule has 0 unspecified atom stereocenters. The number of benzene rings is 1. The van der Waals surface area contributed by atoms with Crippen LogP contribution in [0.15, 0.2) is 18.2 Å². The Morgan fingerprint density at radius 1 is 1.41 bits per heavy atom. The van der Waals surface area contributed by atoms with E-state index in [1.54, 1.807) is 0 Å². The number of nitrogens with one attached hydrogen (secondary N) is 2. The number of anilines is 1. The van der Waals surface area contributed by atoms with Crippen molar-refractivity contribution in [1.82, 2.24) is 4.72 Å². The molecule has 0 amide bonds. The van der Waals surface area contributed by atoms with Gasteiger partial charge in [0.05, 0.1) is 5.69 Å². The van der Waals surface area contributed by atoms with Crippen LogP contribution in [0.25, 0.3) is 0 Å². The maximum atomic E-state index is 13.4. The van der Waals surface area contributed by atoms with Crippen molar-refractivity contribution in [3.63, 3.8) is 0 Å². The van der Waals surface area contributed by atoms with Gasteiger partial charge in [0.2, 0.25) is 0 Å². The highest BCUT2D eigenvalue weighted by Gasteiger charge is 2.27. The molecule has 4 N–H and O–H groups in total. The standard InChI is InChI=1S/C10H14FN3O2S/c11-9-2-1-3-10(8(9)6-12)14-17(15,16)13-7-4-5-7/h1-3,7,13-14H,4-6,12H2. The SMILES string of the molecule is NCc1c(F)cccc1NS(=O)(=O)NC1CC1. The lowest BCUT2D eigenvalue weighted by molar-refractivity contribution is 0.586. The van der Waals surface area contributed by atoms with Gasteiger partial charge in [-0.3, -0.25) is 4.72 Å². The molecule has 5 nitrogen and oxygen atoms in total. The highest BCUT2D eigenvalue weighted by molar-refractivity contribution is 7.90. The number of hydrogen-bond donors (Lipinski definition) is 3. The third-order valence-corrected chi connectivity index (χ3v) is 3.60. The minimum absolute atomic E-state index is 0.00221. The Morgan fingerprint density at radius 2 is 2.12 bits per heavy atom. The highest BCUT2D eigenvalue weighted by atomic mass is 32.2. The predicted molar refractivity (Wildman–Crippen MR) is 63.0 cm³/mol. The Labute approximate surface area is 99.4 Å². The molecule has 7 heteroatoms. The van der Waals surface area contributed by atoms with Crippen LogP contribution >= 0.6 is 0 Å². The zero-order valence-corrected chi connectivity index (χ0v) is 9.93. The molecular weight excluding hydrogens is 245 g/mol. The van der Waals surface area contributed by atoms with Crippen LogP contribution < -0.4 is 15.2 Å². The smallest absolute Gasteiger partial charge is 0.299 e. The van der Waals surface area contributed by atoms with E-state index in [1.807, 2.05) is 0 Å². The average Bonchev–Trinajstić information content (AvgIpc) is 3.00. The van der Waals surface area contributed by atoms with Gasteiger partial charge in [-0.2, -0.15) is 13.1 Å². The fourth-order valence-corrected chi connectivity index (χ4v) is 2.67. The van der Waals surface area contributed by atoms with E-state index < -0.39 is 16.0 Å². The quantitative estimate of drug-likeness (QED) is 0.727. The maximum Gasteiger partial charge on any atom is 0.299 e. The van der Waals surface area contributed by atoms with Crippen LogP contribution in [0.4, 0.5) is 10.1 Å². The van der Waals surface area contributed by atoms with Gasteiger partial charge in [0.25, 0.3) is 10.2 Å². The molecule has 0 bridgehead atoms. The van der Waals surface area contributed by atoms with E-state index in [0.29, 0.717) is 0 Å². The van der Waals surface area contributed by atoms with E-state index in [4.69, 9.17) is 5.73 Å². The highest BCUT2D eigenvalue weighted by Crippen LogP contribution is 2.22. The monoisotopic (exact) mass is 259 g/mol. The lowest BCUT2D eigenvalue weighted by atomic mass is 10.2. The van der Waals surface area contributed by atoms with Gasteiger partial charge in [-0.25, -0.2) is 4.39 Å². The van der Waals surface area contributed by atoms with Crippen molar-refractivity contribution in [1.29, 1.82) is 0 Å². The second kappa shape index (κ2) is 4.59. The molecule has 0 spiro atoms. The first-order chi connectivity index (χ1) is 8.02. The van der Waals surface area contributed by atoms with Gasteiger partial charge in [0, 0.05) is 18.2 Å². The third kappa shape index (κ3) is 3.15. The van der Waals surface area contributed by atoms with Crippen molar-refractivity contribution in [3.05, 3.63) is 29.6 Å². The molecule has 94 valence electrons. The largest absolute Gasteiger partial charge is 0.326 e. The predicted octanol–water partition coefficient (Wildman–Crippen LogP) is 0.693. The Balaban J connectivity index is 2.19. The van der Waals surface area contributed by atoms with Crippen molar-refractivity contribution >= 4 is 15.9 Å². The van der Waals surface area contributed by atoms with Crippen LogP contribution in [0.3, 0.4) is 0 Å². The van der Waals surface area contributed by atoms with E-state index in [9.17, 15) is 12.8 Å². The maximum absolute atomic E-state index is 13.4. The van der Waals surface area contributed by atoms with Gasteiger partial charge >= 0.3 is 0 Å². The number of nitrogens with two attached hydrogens (primary N) is 1. The Hall–Kier alpha value is -1.18. The average molecular weight is 259 g/mol. The molecule has 0 heterocycles. The van der Waals surface area contributed by atoms with E-state index >= 15 is 0 Å². The Bertz CT molecular complexity index is 514. The molecule has 1 saturated carbocycles. The van der Waals surface area contributed by atoms with Gasteiger partial charge < -0.3 is 5.73 Å². The zero-order chi connectivity index (χ0) is 12.5. The molecule has 0 aliphatic heterocycles. The molecule has 0 aromatic heterocycles. The van der Waals surface area contributed by atoms with Gasteiger partial charge in [-0.05, 0) is 25.0 Å². The van der Waals surface area contributed by atoms with Crippen molar-refractivity contribution < 1.29 is 12.8 Å². The first kappa shape index (κ1) is 12.3. The van der Waals surface area contributed by atoms with Crippen LogP contribution in [-0.4, -0.2) is 14.5 Å². The fraction of sp³-hybridized carbons (Fsp3) is 0.400. The minimum atomic E-state index is -3.64. The summed E-state index contributed by atoms with van der Waals surface area (Å²) in [5.41, 5.74) is 5.73. The van der Waals surface area contributed by atoms with E-state index in [1.165, 1.54) is 18.2 Å². The second-order valence-corrected chi connectivity index (χ2v) is 5.41. The van der Waals surface area contributed by atoms with Crippen LogP contribution in [0.2, 0.25) is 0 Å². The van der Waals surface area contributed by atoms with E-state index in [0.717, 1.165) is 12.8 Å². The van der Waals surface area contributed by atoms with Crippen molar-refractivity contribution in [2.45, 2.75) is 25.4 Å². The number of hydrogen-bond acceptors (Lipinski definition) is 3. The summed E-state index contributed by atoms with van der Waals surface area (Å²) in [6.45, 7) is -0.0616. The summed E-state index contributed by atoms with van der Waals surface area (Å²) in [7, 11) is -3.64. The van der Waals surface area contributed by atoms with Crippen LogP contribution in [0.5, 0.6) is 0 Å². The summed E-state index contributed by atoms with van der Waals surface area (Å²) in [4.78, 5) is 0. The number of halogens is 1. The first-order valence-electron chi connectivity index (χ1n) is 5.29. The lowest BCUT2D eigenvalue weighted by Crippen LogP contribution is -2.32. The van der Waals surface area contributed by atoms with Crippen molar-refractivity contribution in [2.75, 3.05) is 4.72 Å². The van der Waals surface area contributed by atoms with E-state index in [-0.39, 0.29) is 23.8 Å². The molecule has 17 heavy (non-hydrogen) atoms. The molecule has 1 aliphatic carbocycles. The normalized spacial score (nSPS) is 15.9. The van der Waals surface area contributed by atoms with Gasteiger partial charge in [-0.1, -0.05) is 6.07 Å². The molecule has 0 atom stereocenters. The summed E-state index contributed by atoms with van der Waals surface area (Å²) >= 11 is 0. The summed E-state index contributed by atoms with van der Waals surface area (Å²) < 4.78 is 41.4. The minimum Gasteiger partial charge on any atom is -0.326 e. The van der Waals surface area contributed by atoms with Crippen molar-refractivity contribution in [3.8, 4) is 0 Å². The molecule has 2 rings (SSSR count). The van der Waals surface area contributed by atoms with Crippen molar-refractivity contribution in [2.24, 2.45) is 5.73 Å². The fourth-order valence-electron chi connectivity index (χ4n) is 1.46. The molecule has 0 saturated heterocycles. The van der Waals surface area contributed by atoms with Gasteiger partial charge in [0.15, 0.2) is 0 Å². The Morgan fingerprint density at radius 3 is 2.71 bits per heavy atom. The molecule has 1 aromatic carbocycles. The topological polar surface area (TPSA) is 84.2 Å². The van der Waals surface area contributed by atoms with Gasteiger partial charge in [-0.15, -0.1) is 0 Å². The molecule has 0 radical (unpaired) electrons. The second-order valence-electron chi connectivity index (χ2n) is 3.97. The summed E-state index contributed by atoms with van der Waals surface area (Å²) in [5, 5.41) is 0.